The van der Waals surface area contributed by atoms with Crippen LogP contribution in [0.15, 0.2) is 52.1 Å². The maximum Gasteiger partial charge on any atom is 0.315 e. The quantitative estimate of drug-likeness (QED) is 0.360. The number of benzene rings is 1. The monoisotopic (exact) mass is 662 g/mol. The van der Waals surface area contributed by atoms with E-state index in [9.17, 15) is 9.59 Å². The summed E-state index contributed by atoms with van der Waals surface area (Å²) in [5.41, 5.74) is 10.3. The fourth-order valence-electron chi connectivity index (χ4n) is 5.85. The smallest absolute Gasteiger partial charge is 0.315 e. The average molecular weight is 665 g/mol. The molecular formula is C27H29Br2ClN6O2. The number of pyridine rings is 1. The second kappa shape index (κ2) is 11.8. The molecule has 8 nitrogen and oxygen atoms in total. The molecule has 3 aromatic rings. The molecule has 1 saturated heterocycles. The zero-order chi connectivity index (χ0) is 26.8. The van der Waals surface area contributed by atoms with Gasteiger partial charge in [0.1, 0.15) is 6.04 Å². The molecule has 1 fully saturated rings. The third-order valence-electron chi connectivity index (χ3n) is 7.57. The van der Waals surface area contributed by atoms with Gasteiger partial charge in [0, 0.05) is 58.1 Å². The Morgan fingerprint density at radius 3 is 2.76 bits per heavy atom. The maximum atomic E-state index is 13.4. The van der Waals surface area contributed by atoms with E-state index in [1.165, 1.54) is 21.6 Å². The average Bonchev–Trinajstić information content (AvgIpc) is 3.35. The highest BCUT2D eigenvalue weighted by Crippen LogP contribution is 2.47. The number of carbonyl (C=O) groups excluding carboxylic acids is 2. The molecule has 0 spiro atoms. The number of hydrogen-bond donors (Lipinski definition) is 2. The molecule has 1 aliphatic carbocycles. The Morgan fingerprint density at radius 1 is 1.18 bits per heavy atom. The first-order valence-corrected chi connectivity index (χ1v) is 14.7. The van der Waals surface area contributed by atoms with Crippen LogP contribution in [0.5, 0.6) is 0 Å². The minimum absolute atomic E-state index is 0.0474. The molecule has 200 valence electrons. The Hall–Kier alpha value is -2.43. The summed E-state index contributed by atoms with van der Waals surface area (Å²) >= 11 is 13.8. The number of aryl methyl sites for hydroxylation is 3. The molecule has 2 aromatic heterocycles. The molecule has 2 unspecified atom stereocenters. The molecule has 1 aromatic carbocycles. The molecule has 5 rings (SSSR count). The third-order valence-corrected chi connectivity index (χ3v) is 8.88. The SMILES string of the molecule is NC(=O)N1CCC([C@H]2c3ncc(Br)cc3CCc3cc(Cl)cc(Br)c32)CC1C(=O)NCCCn1ccnc1. The lowest BCUT2D eigenvalue weighted by atomic mass is 9.74. The fourth-order valence-corrected chi connectivity index (χ4v) is 7.35. The predicted octanol–water partition coefficient (Wildman–Crippen LogP) is 5.05. The van der Waals surface area contributed by atoms with Crippen molar-refractivity contribution in [2.75, 3.05) is 13.1 Å². The summed E-state index contributed by atoms with van der Waals surface area (Å²) in [5.74, 6) is -0.144. The van der Waals surface area contributed by atoms with Gasteiger partial charge in [0.2, 0.25) is 5.91 Å². The number of primary amides is 1. The van der Waals surface area contributed by atoms with Crippen LogP contribution in [0.1, 0.15) is 47.6 Å². The van der Waals surface area contributed by atoms with Crippen LogP contribution < -0.4 is 11.1 Å². The van der Waals surface area contributed by atoms with Crippen LogP contribution in [0.25, 0.3) is 0 Å². The summed E-state index contributed by atoms with van der Waals surface area (Å²) in [4.78, 5) is 36.2. The lowest BCUT2D eigenvalue weighted by molar-refractivity contribution is -0.127. The molecule has 3 atom stereocenters. The number of nitrogens with one attached hydrogen (secondary N) is 1. The second-order valence-electron chi connectivity index (χ2n) is 9.91. The number of carbonyl (C=O) groups is 2. The predicted molar refractivity (Wildman–Crippen MR) is 153 cm³/mol. The van der Waals surface area contributed by atoms with Crippen molar-refractivity contribution in [3.05, 3.63) is 79.5 Å². The first-order chi connectivity index (χ1) is 18.3. The van der Waals surface area contributed by atoms with E-state index in [1.54, 1.807) is 12.5 Å². The Labute approximate surface area is 243 Å². The van der Waals surface area contributed by atoms with E-state index in [4.69, 9.17) is 22.3 Å². The largest absolute Gasteiger partial charge is 0.354 e. The van der Waals surface area contributed by atoms with Gasteiger partial charge in [-0.05, 0) is 88.8 Å². The normalized spacial score (nSPS) is 20.8. The van der Waals surface area contributed by atoms with Crippen molar-refractivity contribution in [3.8, 4) is 0 Å². The highest BCUT2D eigenvalue weighted by molar-refractivity contribution is 9.10. The molecule has 1 aliphatic heterocycles. The lowest BCUT2D eigenvalue weighted by Gasteiger charge is -2.41. The molecule has 0 bridgehead atoms. The van der Waals surface area contributed by atoms with Crippen LogP contribution in [-0.4, -0.2) is 50.5 Å². The van der Waals surface area contributed by atoms with E-state index >= 15 is 0 Å². The van der Waals surface area contributed by atoms with Crippen LogP contribution in [0.2, 0.25) is 5.02 Å². The first-order valence-electron chi connectivity index (χ1n) is 12.7. The van der Waals surface area contributed by atoms with Crippen molar-refractivity contribution in [3.63, 3.8) is 0 Å². The number of piperidine rings is 1. The van der Waals surface area contributed by atoms with Crippen molar-refractivity contribution < 1.29 is 9.59 Å². The number of nitrogens with two attached hydrogens (primary N) is 1. The van der Waals surface area contributed by atoms with Crippen LogP contribution in [0.4, 0.5) is 4.79 Å². The molecule has 38 heavy (non-hydrogen) atoms. The number of fused-ring (bicyclic) bond motifs is 2. The Balaban J connectivity index is 1.42. The number of rotatable bonds is 6. The number of urea groups is 1. The minimum atomic E-state index is -0.642. The number of imidazole rings is 1. The van der Waals surface area contributed by atoms with Crippen molar-refractivity contribution in [2.45, 2.75) is 50.6 Å². The lowest BCUT2D eigenvalue weighted by Crippen LogP contribution is -2.56. The maximum absolute atomic E-state index is 13.4. The number of halogens is 3. The van der Waals surface area contributed by atoms with Crippen molar-refractivity contribution >= 4 is 55.4 Å². The van der Waals surface area contributed by atoms with Gasteiger partial charge in [-0.15, -0.1) is 0 Å². The van der Waals surface area contributed by atoms with E-state index in [0.717, 1.165) is 40.4 Å². The fraction of sp³-hybridized carbons (Fsp3) is 0.407. The number of nitrogens with zero attached hydrogens (tertiary/aromatic N) is 4. The highest BCUT2D eigenvalue weighted by Gasteiger charge is 2.41. The standard InChI is InChI=1S/C27H29Br2ClN6O2/c28-19-10-18-3-2-16-11-20(30)13-21(29)23(16)24(25(18)34-14-19)17-4-8-36(27(31)38)22(12-17)26(37)33-5-1-7-35-9-6-32-15-35/h6,9-11,13-15,17,22,24H,1-5,7-8,12H2,(H2,31,38)(H,33,37)/t17?,22?,24-/m1/s1. The van der Waals surface area contributed by atoms with Gasteiger partial charge in [0.15, 0.2) is 0 Å². The number of likely N-dealkylation sites (tertiary alicyclic amines) is 1. The molecule has 3 amide bonds. The number of hydrogen-bond acceptors (Lipinski definition) is 4. The number of amides is 3. The zero-order valence-electron chi connectivity index (χ0n) is 20.7. The van der Waals surface area contributed by atoms with Crippen LogP contribution >= 0.6 is 43.5 Å². The first kappa shape index (κ1) is 27.1. The topological polar surface area (TPSA) is 106 Å². The van der Waals surface area contributed by atoms with Crippen LogP contribution in [0.3, 0.4) is 0 Å². The number of aromatic nitrogens is 3. The summed E-state index contributed by atoms with van der Waals surface area (Å²) in [6, 6.07) is 4.90. The zero-order valence-corrected chi connectivity index (χ0v) is 24.7. The Morgan fingerprint density at radius 2 is 2.00 bits per heavy atom. The van der Waals surface area contributed by atoms with Crippen molar-refractivity contribution in [2.24, 2.45) is 11.7 Å². The summed E-state index contributed by atoms with van der Waals surface area (Å²) in [7, 11) is 0. The van der Waals surface area contributed by atoms with Gasteiger partial charge in [-0.25, -0.2) is 9.78 Å². The minimum Gasteiger partial charge on any atom is -0.354 e. The van der Waals surface area contributed by atoms with Gasteiger partial charge in [-0.1, -0.05) is 27.5 Å². The summed E-state index contributed by atoms with van der Waals surface area (Å²) in [6.07, 6.45) is 10.9. The van der Waals surface area contributed by atoms with E-state index in [2.05, 4.69) is 48.2 Å². The van der Waals surface area contributed by atoms with Crippen molar-refractivity contribution in [1.29, 1.82) is 0 Å². The molecule has 3 heterocycles. The van der Waals surface area contributed by atoms with Gasteiger partial charge < -0.3 is 20.5 Å². The second-order valence-corrected chi connectivity index (χ2v) is 12.1. The Bertz CT molecular complexity index is 1340. The van der Waals surface area contributed by atoms with Crippen LogP contribution in [0, 0.1) is 5.92 Å². The molecule has 2 aliphatic rings. The molecule has 0 saturated carbocycles. The van der Waals surface area contributed by atoms with Gasteiger partial charge in [-0.3, -0.25) is 9.78 Å². The molecule has 3 N–H and O–H groups in total. The van der Waals surface area contributed by atoms with Gasteiger partial charge in [0.25, 0.3) is 0 Å². The van der Waals surface area contributed by atoms with E-state index in [1.807, 2.05) is 29.1 Å². The summed E-state index contributed by atoms with van der Waals surface area (Å²) in [5, 5.41) is 3.72. The third kappa shape index (κ3) is 5.77. The van der Waals surface area contributed by atoms with E-state index in [-0.39, 0.29) is 17.7 Å². The van der Waals surface area contributed by atoms with Gasteiger partial charge >= 0.3 is 6.03 Å². The van der Waals surface area contributed by atoms with E-state index < -0.39 is 12.1 Å². The van der Waals surface area contributed by atoms with Crippen LogP contribution in [-0.2, 0) is 24.2 Å². The molecular weight excluding hydrogens is 636 g/mol. The van der Waals surface area contributed by atoms with Crippen molar-refractivity contribution in [1.82, 2.24) is 24.8 Å². The summed E-state index contributed by atoms with van der Waals surface area (Å²) in [6.45, 7) is 1.66. The molecule has 11 heteroatoms. The van der Waals surface area contributed by atoms with E-state index in [0.29, 0.717) is 31.0 Å². The van der Waals surface area contributed by atoms with Gasteiger partial charge in [0.05, 0.1) is 12.0 Å². The summed E-state index contributed by atoms with van der Waals surface area (Å²) < 4.78 is 3.85. The highest BCUT2D eigenvalue weighted by atomic mass is 79.9. The van der Waals surface area contributed by atoms with Gasteiger partial charge in [-0.2, -0.15) is 0 Å². The Kier molecular flexibility index (Phi) is 8.40. The molecule has 0 radical (unpaired) electrons.